The Labute approximate surface area is 125 Å². The monoisotopic (exact) mass is 301 g/mol. The van der Waals surface area contributed by atoms with Crippen LogP contribution in [-0.4, -0.2) is 18.8 Å². The summed E-state index contributed by atoms with van der Waals surface area (Å²) >= 11 is 8.11. The molecule has 1 atom stereocenters. The maximum atomic E-state index is 6.37. The lowest BCUT2D eigenvalue weighted by Gasteiger charge is -2.43. The molecule has 2 nitrogen and oxygen atoms in total. The summed E-state index contributed by atoms with van der Waals surface area (Å²) in [6, 6.07) is 2.22. The first-order valence-corrected chi connectivity index (χ1v) is 8.59. The zero-order chi connectivity index (χ0) is 13.7. The first kappa shape index (κ1) is 15.3. The van der Waals surface area contributed by atoms with Crippen LogP contribution >= 0.6 is 22.9 Å². The molecular weight excluding hydrogens is 278 g/mol. The Bertz CT molecular complexity index is 382. The Morgan fingerprint density at radius 3 is 2.63 bits per heavy atom. The van der Waals surface area contributed by atoms with E-state index in [2.05, 4.69) is 24.5 Å². The molecule has 2 rings (SSSR count). The number of likely N-dealkylation sites (N-methyl/N-ethyl adjacent to an activating group) is 1. The fourth-order valence-corrected chi connectivity index (χ4v) is 4.53. The molecule has 1 aromatic heterocycles. The molecule has 1 unspecified atom stereocenters. The molecule has 19 heavy (non-hydrogen) atoms. The molecule has 4 heteroatoms. The summed E-state index contributed by atoms with van der Waals surface area (Å²) in [4.78, 5) is 1.24. The van der Waals surface area contributed by atoms with Crippen molar-refractivity contribution in [3.63, 3.8) is 0 Å². The Kier molecular flexibility index (Phi) is 5.70. The van der Waals surface area contributed by atoms with Crippen LogP contribution < -0.4 is 5.32 Å². The van der Waals surface area contributed by atoms with Crippen LogP contribution in [0.1, 0.15) is 56.9 Å². The van der Waals surface area contributed by atoms with Crippen molar-refractivity contribution in [2.24, 2.45) is 0 Å². The van der Waals surface area contributed by atoms with Gasteiger partial charge in [-0.15, -0.1) is 11.3 Å². The van der Waals surface area contributed by atoms with Gasteiger partial charge in [0.15, 0.2) is 0 Å². The number of hydrogen-bond donors (Lipinski definition) is 1. The van der Waals surface area contributed by atoms with E-state index in [1.807, 2.05) is 6.07 Å². The second-order valence-corrected chi connectivity index (χ2v) is 6.54. The molecule has 1 N–H and O–H groups in total. The standard InChI is InChI=1S/C15H24ClNOS/c1-3-17-14(13-12(16)8-11-19-13)15(18-4-2)9-6-5-7-10-15/h8,11,14,17H,3-7,9-10H2,1-2H3. The summed E-state index contributed by atoms with van der Waals surface area (Å²) in [5.74, 6) is 0. The number of halogens is 1. The molecule has 1 aromatic rings. The summed E-state index contributed by atoms with van der Waals surface area (Å²) < 4.78 is 6.25. The van der Waals surface area contributed by atoms with E-state index in [1.54, 1.807) is 11.3 Å². The molecule has 0 amide bonds. The molecule has 1 saturated carbocycles. The predicted octanol–water partition coefficient (Wildman–Crippen LogP) is 4.79. The van der Waals surface area contributed by atoms with Crippen LogP contribution in [0.3, 0.4) is 0 Å². The minimum Gasteiger partial charge on any atom is -0.373 e. The van der Waals surface area contributed by atoms with E-state index in [9.17, 15) is 0 Å². The fourth-order valence-electron chi connectivity index (χ4n) is 3.19. The van der Waals surface area contributed by atoms with Gasteiger partial charge in [-0.2, -0.15) is 0 Å². The third-order valence-corrected chi connectivity index (χ3v) is 5.40. The minimum atomic E-state index is -0.0719. The molecule has 0 saturated heterocycles. The van der Waals surface area contributed by atoms with E-state index in [-0.39, 0.29) is 11.6 Å². The maximum absolute atomic E-state index is 6.37. The van der Waals surface area contributed by atoms with Crippen molar-refractivity contribution in [1.29, 1.82) is 0 Å². The Morgan fingerprint density at radius 1 is 1.37 bits per heavy atom. The summed E-state index contributed by atoms with van der Waals surface area (Å²) in [5, 5.41) is 6.57. The van der Waals surface area contributed by atoms with Crippen LogP contribution in [0.15, 0.2) is 11.4 Å². The Hall–Kier alpha value is -0.0900. The minimum absolute atomic E-state index is 0.0719. The number of hydrogen-bond acceptors (Lipinski definition) is 3. The SMILES string of the molecule is CCNC(c1sccc1Cl)C1(OCC)CCCCC1. The van der Waals surface area contributed by atoms with Crippen LogP contribution in [-0.2, 0) is 4.74 Å². The molecule has 0 aromatic carbocycles. The van der Waals surface area contributed by atoms with Gasteiger partial charge >= 0.3 is 0 Å². The fraction of sp³-hybridized carbons (Fsp3) is 0.733. The lowest BCUT2D eigenvalue weighted by atomic mass is 9.78. The average molecular weight is 302 g/mol. The third-order valence-electron chi connectivity index (χ3n) is 3.97. The second kappa shape index (κ2) is 7.07. The van der Waals surface area contributed by atoms with E-state index < -0.39 is 0 Å². The highest BCUT2D eigenvalue weighted by molar-refractivity contribution is 7.10. The summed E-state index contributed by atoms with van der Waals surface area (Å²) in [7, 11) is 0. The van der Waals surface area contributed by atoms with Gasteiger partial charge in [0.2, 0.25) is 0 Å². The number of nitrogens with one attached hydrogen (secondary N) is 1. The molecule has 0 spiro atoms. The normalized spacial score (nSPS) is 20.4. The van der Waals surface area contributed by atoms with Crippen molar-refractivity contribution in [2.75, 3.05) is 13.2 Å². The van der Waals surface area contributed by atoms with Gasteiger partial charge in [0.25, 0.3) is 0 Å². The van der Waals surface area contributed by atoms with Crippen LogP contribution in [0.4, 0.5) is 0 Å². The smallest absolute Gasteiger partial charge is 0.0884 e. The van der Waals surface area contributed by atoms with Gasteiger partial charge in [0.1, 0.15) is 0 Å². The first-order chi connectivity index (χ1) is 9.23. The third kappa shape index (κ3) is 3.33. The van der Waals surface area contributed by atoms with E-state index in [0.717, 1.165) is 31.0 Å². The van der Waals surface area contributed by atoms with Crippen LogP contribution in [0.5, 0.6) is 0 Å². The van der Waals surface area contributed by atoms with Gasteiger partial charge in [-0.1, -0.05) is 37.8 Å². The summed E-state index contributed by atoms with van der Waals surface area (Å²) in [6.07, 6.45) is 6.10. The van der Waals surface area contributed by atoms with Gasteiger partial charge in [-0.05, 0) is 37.8 Å². The van der Waals surface area contributed by atoms with Crippen molar-refractivity contribution in [3.05, 3.63) is 21.3 Å². The van der Waals surface area contributed by atoms with Gasteiger partial charge in [0.05, 0.1) is 16.7 Å². The molecule has 1 aliphatic rings. The van der Waals surface area contributed by atoms with Gasteiger partial charge in [-0.3, -0.25) is 0 Å². The lowest BCUT2D eigenvalue weighted by Crippen LogP contribution is -2.47. The Morgan fingerprint density at radius 2 is 2.11 bits per heavy atom. The largest absolute Gasteiger partial charge is 0.373 e. The predicted molar refractivity (Wildman–Crippen MR) is 83.2 cm³/mol. The molecule has 1 heterocycles. The lowest BCUT2D eigenvalue weighted by molar-refractivity contribution is -0.0902. The Balaban J connectivity index is 2.31. The van der Waals surface area contributed by atoms with Crippen LogP contribution in [0.25, 0.3) is 0 Å². The quantitative estimate of drug-likeness (QED) is 0.815. The van der Waals surface area contributed by atoms with E-state index in [4.69, 9.17) is 16.3 Å². The van der Waals surface area contributed by atoms with Gasteiger partial charge in [0, 0.05) is 11.5 Å². The second-order valence-electron chi connectivity index (χ2n) is 5.18. The van der Waals surface area contributed by atoms with E-state index in [0.29, 0.717) is 0 Å². The highest BCUT2D eigenvalue weighted by Gasteiger charge is 2.42. The molecule has 1 aliphatic carbocycles. The van der Waals surface area contributed by atoms with Crippen molar-refractivity contribution in [3.8, 4) is 0 Å². The summed E-state index contributed by atoms with van der Waals surface area (Å²) in [6.45, 7) is 5.95. The summed E-state index contributed by atoms with van der Waals surface area (Å²) in [5.41, 5.74) is -0.0719. The van der Waals surface area contributed by atoms with Crippen molar-refractivity contribution < 1.29 is 4.74 Å². The number of thiophene rings is 1. The van der Waals surface area contributed by atoms with Crippen molar-refractivity contribution in [2.45, 2.75) is 57.6 Å². The average Bonchev–Trinajstić information content (AvgIpc) is 2.83. The van der Waals surface area contributed by atoms with Gasteiger partial charge < -0.3 is 10.1 Å². The van der Waals surface area contributed by atoms with Crippen molar-refractivity contribution in [1.82, 2.24) is 5.32 Å². The van der Waals surface area contributed by atoms with E-state index >= 15 is 0 Å². The molecule has 0 radical (unpaired) electrons. The van der Waals surface area contributed by atoms with Crippen LogP contribution in [0, 0.1) is 0 Å². The molecule has 0 bridgehead atoms. The number of rotatable bonds is 6. The first-order valence-electron chi connectivity index (χ1n) is 7.33. The van der Waals surface area contributed by atoms with E-state index in [1.165, 1.54) is 24.1 Å². The maximum Gasteiger partial charge on any atom is 0.0884 e. The molecular formula is C15H24ClNOS. The zero-order valence-electron chi connectivity index (χ0n) is 11.9. The van der Waals surface area contributed by atoms with Crippen molar-refractivity contribution >= 4 is 22.9 Å². The molecule has 108 valence electrons. The molecule has 0 aliphatic heterocycles. The highest BCUT2D eigenvalue weighted by atomic mass is 35.5. The topological polar surface area (TPSA) is 21.3 Å². The zero-order valence-corrected chi connectivity index (χ0v) is 13.4. The van der Waals surface area contributed by atoms with Crippen LogP contribution in [0.2, 0.25) is 5.02 Å². The number of ether oxygens (including phenoxy) is 1. The molecule has 1 fully saturated rings. The van der Waals surface area contributed by atoms with Gasteiger partial charge in [-0.25, -0.2) is 0 Å². The highest BCUT2D eigenvalue weighted by Crippen LogP contribution is 2.44.